The Morgan fingerprint density at radius 2 is 2.00 bits per heavy atom. The zero-order chi connectivity index (χ0) is 15.0. The molecule has 3 N–H and O–H groups in total. The molecule has 3 aliphatic rings. The summed E-state index contributed by atoms with van der Waals surface area (Å²) in [6, 6.07) is -1.32. The van der Waals surface area contributed by atoms with Gasteiger partial charge in [0.15, 0.2) is 0 Å². The van der Waals surface area contributed by atoms with E-state index in [0.29, 0.717) is 12.3 Å². The lowest BCUT2D eigenvalue weighted by Crippen LogP contribution is -2.51. The van der Waals surface area contributed by atoms with E-state index in [4.69, 9.17) is 0 Å². The second kappa shape index (κ2) is 5.63. The fraction of sp³-hybridized carbons (Fsp3) is 0.786. The molecule has 1 saturated heterocycles. The third kappa shape index (κ3) is 3.72. The number of esters is 1. The van der Waals surface area contributed by atoms with Crippen molar-refractivity contribution >= 4 is 17.8 Å². The fourth-order valence-corrected chi connectivity index (χ4v) is 2.50. The molecule has 1 unspecified atom stereocenters. The van der Waals surface area contributed by atoms with Crippen molar-refractivity contribution in [2.45, 2.75) is 56.9 Å². The Labute approximate surface area is 122 Å². The van der Waals surface area contributed by atoms with E-state index in [0.717, 1.165) is 25.7 Å². The van der Waals surface area contributed by atoms with E-state index in [1.165, 1.54) is 0 Å². The van der Waals surface area contributed by atoms with E-state index in [1.807, 2.05) is 0 Å². The molecule has 0 bridgehead atoms. The number of ether oxygens (including phenoxy) is 1. The van der Waals surface area contributed by atoms with Gasteiger partial charge in [-0.15, -0.1) is 0 Å². The predicted molar refractivity (Wildman–Crippen MR) is 70.6 cm³/mol. The summed E-state index contributed by atoms with van der Waals surface area (Å²) in [5.41, 5.74) is 0. The van der Waals surface area contributed by atoms with Crippen molar-refractivity contribution in [3.8, 4) is 0 Å². The van der Waals surface area contributed by atoms with Crippen LogP contribution in [-0.4, -0.2) is 41.3 Å². The lowest BCUT2D eigenvalue weighted by Gasteiger charge is -2.21. The first-order chi connectivity index (χ1) is 10.0. The third-order valence-electron chi connectivity index (χ3n) is 4.16. The van der Waals surface area contributed by atoms with Crippen LogP contribution in [0.3, 0.4) is 0 Å². The number of hydrogen-bond acceptors (Lipinski definition) is 5. The Hall–Kier alpha value is -1.63. The molecule has 0 aromatic carbocycles. The van der Waals surface area contributed by atoms with Crippen LogP contribution in [0.2, 0.25) is 0 Å². The normalized spacial score (nSPS) is 29.7. The van der Waals surface area contributed by atoms with E-state index in [9.17, 15) is 19.5 Å². The number of cyclic esters (lactones) is 1. The zero-order valence-electron chi connectivity index (χ0n) is 11.7. The molecule has 7 nitrogen and oxygen atoms in total. The highest BCUT2D eigenvalue weighted by Crippen LogP contribution is 2.34. The maximum absolute atomic E-state index is 12.3. The predicted octanol–water partition coefficient (Wildman–Crippen LogP) is -0.569. The summed E-state index contributed by atoms with van der Waals surface area (Å²) < 4.78 is 4.59. The van der Waals surface area contributed by atoms with E-state index >= 15 is 0 Å². The number of carbonyl (C=O) groups excluding carboxylic acids is 3. The van der Waals surface area contributed by atoms with Crippen molar-refractivity contribution in [3.05, 3.63) is 0 Å². The van der Waals surface area contributed by atoms with E-state index < -0.39 is 24.3 Å². The van der Waals surface area contributed by atoms with Gasteiger partial charge < -0.3 is 20.5 Å². The van der Waals surface area contributed by atoms with Crippen molar-refractivity contribution in [2.75, 3.05) is 0 Å². The van der Waals surface area contributed by atoms with Gasteiger partial charge in [-0.05, 0) is 25.2 Å². The number of aliphatic hydroxyl groups excluding tert-OH is 1. The summed E-state index contributed by atoms with van der Waals surface area (Å²) in [4.78, 5) is 35.2. The molecule has 0 aromatic rings. The van der Waals surface area contributed by atoms with Crippen LogP contribution < -0.4 is 10.6 Å². The minimum Gasteiger partial charge on any atom is -0.434 e. The number of aliphatic hydroxyl groups is 1. The van der Waals surface area contributed by atoms with Crippen molar-refractivity contribution in [2.24, 2.45) is 11.8 Å². The topological polar surface area (TPSA) is 105 Å². The first-order valence-corrected chi connectivity index (χ1v) is 7.51. The van der Waals surface area contributed by atoms with Crippen molar-refractivity contribution in [1.82, 2.24) is 10.6 Å². The SMILES string of the molecule is O=C1C[C@H](NC(=O)[C@H](CC2CC2)NC(=O)C2CC2)C(O)O1. The lowest BCUT2D eigenvalue weighted by molar-refractivity contribution is -0.155. The van der Waals surface area contributed by atoms with Gasteiger partial charge in [-0.25, -0.2) is 0 Å². The minimum absolute atomic E-state index is 0.0420. The molecule has 0 aromatic heterocycles. The molecule has 116 valence electrons. The second-order valence-electron chi connectivity index (χ2n) is 6.21. The van der Waals surface area contributed by atoms with Crippen molar-refractivity contribution in [1.29, 1.82) is 0 Å². The highest BCUT2D eigenvalue weighted by molar-refractivity contribution is 5.90. The molecule has 0 spiro atoms. The van der Waals surface area contributed by atoms with E-state index in [2.05, 4.69) is 15.4 Å². The van der Waals surface area contributed by atoms with Crippen LogP contribution in [0.5, 0.6) is 0 Å². The van der Waals surface area contributed by atoms with Crippen molar-refractivity contribution < 1.29 is 24.2 Å². The summed E-state index contributed by atoms with van der Waals surface area (Å²) in [7, 11) is 0. The van der Waals surface area contributed by atoms with Gasteiger partial charge in [0.05, 0.1) is 6.42 Å². The standard InChI is InChI=1S/C14H20N2O5/c17-11-6-10(14(20)21-11)16-13(19)9(5-7-1-2-7)15-12(18)8-3-4-8/h7-10,14,20H,1-6H2,(H,15,18)(H,16,19)/t9-,10-,14?/m0/s1. The molecule has 7 heteroatoms. The summed E-state index contributed by atoms with van der Waals surface area (Å²) in [5, 5.41) is 14.9. The summed E-state index contributed by atoms with van der Waals surface area (Å²) in [6.07, 6.45) is 3.19. The van der Waals surface area contributed by atoms with Gasteiger partial charge in [-0.3, -0.25) is 14.4 Å². The lowest BCUT2D eigenvalue weighted by atomic mass is 10.1. The smallest absolute Gasteiger partial charge is 0.310 e. The Morgan fingerprint density at radius 1 is 1.29 bits per heavy atom. The van der Waals surface area contributed by atoms with Crippen LogP contribution in [0.4, 0.5) is 0 Å². The first-order valence-electron chi connectivity index (χ1n) is 7.51. The molecule has 2 saturated carbocycles. The Kier molecular flexibility index (Phi) is 3.84. The molecular formula is C14H20N2O5. The summed E-state index contributed by atoms with van der Waals surface area (Å²) in [6.45, 7) is 0. The molecule has 2 amide bonds. The number of nitrogens with one attached hydrogen (secondary N) is 2. The van der Waals surface area contributed by atoms with E-state index in [1.54, 1.807) is 0 Å². The molecule has 3 fully saturated rings. The number of amides is 2. The molecule has 1 heterocycles. The summed E-state index contributed by atoms with van der Waals surface area (Å²) in [5.74, 6) is -0.435. The highest BCUT2D eigenvalue weighted by Gasteiger charge is 2.39. The molecule has 1 aliphatic heterocycles. The van der Waals surface area contributed by atoms with Crippen LogP contribution in [0.25, 0.3) is 0 Å². The van der Waals surface area contributed by atoms with Gasteiger partial charge in [0.2, 0.25) is 18.1 Å². The molecular weight excluding hydrogens is 276 g/mol. The number of rotatable bonds is 6. The summed E-state index contributed by atoms with van der Waals surface area (Å²) >= 11 is 0. The largest absolute Gasteiger partial charge is 0.434 e. The van der Waals surface area contributed by atoms with Crippen LogP contribution in [0.1, 0.15) is 38.5 Å². The van der Waals surface area contributed by atoms with Gasteiger partial charge in [0, 0.05) is 5.92 Å². The fourth-order valence-electron chi connectivity index (χ4n) is 2.50. The molecule has 2 aliphatic carbocycles. The Morgan fingerprint density at radius 3 is 2.52 bits per heavy atom. The highest BCUT2D eigenvalue weighted by atomic mass is 16.6. The van der Waals surface area contributed by atoms with Crippen LogP contribution >= 0.6 is 0 Å². The second-order valence-corrected chi connectivity index (χ2v) is 6.21. The van der Waals surface area contributed by atoms with Gasteiger partial charge in [-0.2, -0.15) is 0 Å². The molecule has 3 rings (SSSR count). The monoisotopic (exact) mass is 296 g/mol. The first kappa shape index (κ1) is 14.3. The van der Waals surface area contributed by atoms with Gasteiger partial charge in [-0.1, -0.05) is 12.8 Å². The molecule has 0 radical (unpaired) electrons. The van der Waals surface area contributed by atoms with Gasteiger partial charge >= 0.3 is 5.97 Å². The third-order valence-corrected chi connectivity index (χ3v) is 4.16. The van der Waals surface area contributed by atoms with Crippen LogP contribution in [0, 0.1) is 11.8 Å². The zero-order valence-corrected chi connectivity index (χ0v) is 11.7. The van der Waals surface area contributed by atoms with Gasteiger partial charge in [0.1, 0.15) is 12.1 Å². The minimum atomic E-state index is -1.30. The van der Waals surface area contributed by atoms with Gasteiger partial charge in [0.25, 0.3) is 0 Å². The quantitative estimate of drug-likeness (QED) is 0.569. The van der Waals surface area contributed by atoms with Crippen LogP contribution in [-0.2, 0) is 19.1 Å². The maximum Gasteiger partial charge on any atom is 0.310 e. The van der Waals surface area contributed by atoms with E-state index in [-0.39, 0.29) is 24.2 Å². The number of carbonyl (C=O) groups is 3. The van der Waals surface area contributed by atoms with Crippen molar-refractivity contribution in [3.63, 3.8) is 0 Å². The Bertz CT molecular complexity index is 458. The Balaban J connectivity index is 1.56. The maximum atomic E-state index is 12.3. The van der Waals surface area contributed by atoms with Crippen LogP contribution in [0.15, 0.2) is 0 Å². The molecule has 3 atom stereocenters. The average molecular weight is 296 g/mol. The average Bonchev–Trinajstić information content (AvgIpc) is 3.30. The molecule has 21 heavy (non-hydrogen) atoms. The number of hydrogen-bond donors (Lipinski definition) is 3.